The Morgan fingerprint density at radius 1 is 1.00 bits per heavy atom. The second-order valence-electron chi connectivity index (χ2n) is 5.29. The highest BCUT2D eigenvalue weighted by Crippen LogP contribution is 2.30. The van der Waals surface area contributed by atoms with Gasteiger partial charge < -0.3 is 24.3 Å². The molecule has 7 nitrogen and oxygen atoms in total. The van der Waals surface area contributed by atoms with Gasteiger partial charge in [0.1, 0.15) is 11.8 Å². The van der Waals surface area contributed by atoms with Crippen molar-refractivity contribution >= 4 is 12.1 Å². The molecular formula is C18H17NO6. The fraction of sp³-hybridized carbons (Fsp3) is 0.222. The molecule has 1 amide bonds. The number of benzene rings is 2. The number of methoxy groups -OCH3 is 2. The fourth-order valence-electron chi connectivity index (χ4n) is 2.54. The Morgan fingerprint density at radius 3 is 2.32 bits per heavy atom. The highest BCUT2D eigenvalue weighted by atomic mass is 16.6. The number of alkyl carbamates (subject to hydrolysis) is 1. The van der Waals surface area contributed by atoms with Crippen LogP contribution < -0.4 is 19.5 Å². The molecule has 1 heterocycles. The van der Waals surface area contributed by atoms with Gasteiger partial charge in [0.2, 0.25) is 6.10 Å². The third-order valence-corrected chi connectivity index (χ3v) is 3.80. The van der Waals surface area contributed by atoms with E-state index in [1.807, 2.05) is 0 Å². The molecule has 0 radical (unpaired) electrons. The number of hydrogen-bond donors (Lipinski definition) is 1. The van der Waals surface area contributed by atoms with Crippen LogP contribution in [0.1, 0.15) is 11.6 Å². The molecule has 7 heteroatoms. The molecule has 1 saturated heterocycles. The Bertz CT molecular complexity index is 773. The van der Waals surface area contributed by atoms with E-state index in [2.05, 4.69) is 5.32 Å². The van der Waals surface area contributed by atoms with Crippen LogP contribution in [0.2, 0.25) is 0 Å². The molecule has 0 aliphatic carbocycles. The summed E-state index contributed by atoms with van der Waals surface area (Å²) in [5.41, 5.74) is 0.702. The molecule has 1 fully saturated rings. The van der Waals surface area contributed by atoms with Crippen LogP contribution in [0.4, 0.5) is 4.79 Å². The normalized spacial score (nSPS) is 18.9. The van der Waals surface area contributed by atoms with E-state index in [1.54, 1.807) is 55.6 Å². The molecule has 2 aromatic carbocycles. The predicted molar refractivity (Wildman–Crippen MR) is 87.8 cm³/mol. The molecule has 0 spiro atoms. The summed E-state index contributed by atoms with van der Waals surface area (Å²) in [7, 11) is 3.03. The van der Waals surface area contributed by atoms with Crippen molar-refractivity contribution in [3.63, 3.8) is 0 Å². The minimum atomic E-state index is -1.11. The van der Waals surface area contributed by atoms with Gasteiger partial charge in [0, 0.05) is 0 Å². The van der Waals surface area contributed by atoms with Crippen LogP contribution in [0, 0.1) is 0 Å². The van der Waals surface area contributed by atoms with Gasteiger partial charge in [-0.2, -0.15) is 0 Å². The molecule has 0 bridgehead atoms. The highest BCUT2D eigenvalue weighted by Gasteiger charge is 2.42. The summed E-state index contributed by atoms with van der Waals surface area (Å²) in [5.74, 6) is 0.645. The van der Waals surface area contributed by atoms with E-state index in [1.165, 1.54) is 7.11 Å². The van der Waals surface area contributed by atoms with Crippen LogP contribution in [0.3, 0.4) is 0 Å². The molecule has 25 heavy (non-hydrogen) atoms. The second kappa shape index (κ2) is 7.12. The number of cyclic esters (lactones) is 1. The minimum absolute atomic E-state index is 0.256. The predicted octanol–water partition coefficient (Wildman–Crippen LogP) is 2.46. The lowest BCUT2D eigenvalue weighted by Crippen LogP contribution is -2.32. The largest absolute Gasteiger partial charge is 0.497 e. The van der Waals surface area contributed by atoms with Crippen LogP contribution >= 0.6 is 0 Å². The van der Waals surface area contributed by atoms with Crippen molar-refractivity contribution in [3.8, 4) is 17.2 Å². The lowest BCUT2D eigenvalue weighted by Gasteiger charge is -2.17. The van der Waals surface area contributed by atoms with Gasteiger partial charge in [-0.05, 0) is 29.8 Å². The average Bonchev–Trinajstić information content (AvgIpc) is 3.04. The van der Waals surface area contributed by atoms with Crippen LogP contribution in [-0.2, 0) is 9.53 Å². The van der Waals surface area contributed by atoms with Crippen LogP contribution in [0.5, 0.6) is 17.2 Å². The van der Waals surface area contributed by atoms with E-state index in [-0.39, 0.29) is 5.75 Å². The number of carbonyl (C=O) groups excluding carboxylic acids is 2. The van der Waals surface area contributed by atoms with Gasteiger partial charge in [-0.15, -0.1) is 0 Å². The van der Waals surface area contributed by atoms with Crippen molar-refractivity contribution in [2.45, 2.75) is 12.1 Å². The lowest BCUT2D eigenvalue weighted by molar-refractivity contribution is -0.143. The second-order valence-corrected chi connectivity index (χ2v) is 5.29. The number of para-hydroxylation sites is 2. The van der Waals surface area contributed by atoms with Crippen LogP contribution in [0.15, 0.2) is 48.5 Å². The third-order valence-electron chi connectivity index (χ3n) is 3.80. The number of esters is 1. The minimum Gasteiger partial charge on any atom is -0.497 e. The molecule has 1 aliphatic heterocycles. The van der Waals surface area contributed by atoms with Gasteiger partial charge in [0.05, 0.1) is 14.2 Å². The summed E-state index contributed by atoms with van der Waals surface area (Å²) in [6.07, 6.45) is -1.78. The number of nitrogens with one attached hydrogen (secondary N) is 1. The average molecular weight is 343 g/mol. The number of ether oxygens (including phenoxy) is 4. The van der Waals surface area contributed by atoms with E-state index in [0.717, 1.165) is 0 Å². The molecule has 3 rings (SSSR count). The van der Waals surface area contributed by atoms with Crippen molar-refractivity contribution in [2.75, 3.05) is 14.2 Å². The highest BCUT2D eigenvalue weighted by molar-refractivity contribution is 5.85. The first-order valence-electron chi connectivity index (χ1n) is 7.58. The van der Waals surface area contributed by atoms with E-state index in [4.69, 9.17) is 18.9 Å². The van der Waals surface area contributed by atoms with Gasteiger partial charge in [-0.3, -0.25) is 0 Å². The summed E-state index contributed by atoms with van der Waals surface area (Å²) < 4.78 is 20.7. The Labute approximate surface area is 144 Å². The van der Waals surface area contributed by atoms with Crippen molar-refractivity contribution in [2.24, 2.45) is 0 Å². The maximum atomic E-state index is 12.5. The van der Waals surface area contributed by atoms with Gasteiger partial charge in [0.15, 0.2) is 11.5 Å². The van der Waals surface area contributed by atoms with Crippen molar-refractivity contribution < 1.29 is 28.5 Å². The standard InChI is InChI=1S/C18H17NO6/c1-22-12-9-7-11(8-10-12)15-16(25-18(21)19-15)17(20)24-14-6-4-3-5-13(14)23-2/h3-10,15-16H,1-2H3,(H,19,21)/t15-,16-/m1/s1. The summed E-state index contributed by atoms with van der Waals surface area (Å²) >= 11 is 0. The topological polar surface area (TPSA) is 83.1 Å². The van der Waals surface area contributed by atoms with Gasteiger partial charge in [-0.1, -0.05) is 24.3 Å². The third kappa shape index (κ3) is 3.50. The monoisotopic (exact) mass is 343 g/mol. The first-order chi connectivity index (χ1) is 12.1. The van der Waals surface area contributed by atoms with Crippen molar-refractivity contribution in [1.29, 1.82) is 0 Å². The summed E-state index contributed by atoms with van der Waals surface area (Å²) in [6, 6.07) is 13.1. The summed E-state index contributed by atoms with van der Waals surface area (Å²) in [4.78, 5) is 24.2. The van der Waals surface area contributed by atoms with E-state index < -0.39 is 24.2 Å². The van der Waals surface area contributed by atoms with Crippen LogP contribution in [-0.4, -0.2) is 32.4 Å². The first-order valence-corrected chi connectivity index (χ1v) is 7.58. The van der Waals surface area contributed by atoms with Gasteiger partial charge in [0.25, 0.3) is 0 Å². The number of amides is 1. The van der Waals surface area contributed by atoms with E-state index in [0.29, 0.717) is 17.1 Å². The molecule has 1 aliphatic rings. The number of rotatable bonds is 5. The fourth-order valence-corrected chi connectivity index (χ4v) is 2.54. The Morgan fingerprint density at radius 2 is 1.68 bits per heavy atom. The molecule has 0 unspecified atom stereocenters. The molecule has 1 N–H and O–H groups in total. The molecular weight excluding hydrogens is 326 g/mol. The molecule has 0 aromatic heterocycles. The Kier molecular flexibility index (Phi) is 4.74. The van der Waals surface area contributed by atoms with Crippen molar-refractivity contribution in [1.82, 2.24) is 5.32 Å². The summed E-state index contributed by atoms with van der Waals surface area (Å²) in [5, 5.41) is 2.62. The molecule has 0 saturated carbocycles. The zero-order valence-electron chi connectivity index (χ0n) is 13.7. The van der Waals surface area contributed by atoms with E-state index >= 15 is 0 Å². The molecule has 2 atom stereocenters. The molecule has 2 aromatic rings. The Hall–Kier alpha value is -3.22. The number of hydrogen-bond acceptors (Lipinski definition) is 6. The van der Waals surface area contributed by atoms with Gasteiger partial charge in [-0.25, -0.2) is 9.59 Å². The number of carbonyl (C=O) groups is 2. The smallest absolute Gasteiger partial charge is 0.408 e. The first kappa shape index (κ1) is 16.6. The van der Waals surface area contributed by atoms with E-state index in [9.17, 15) is 9.59 Å². The quantitative estimate of drug-likeness (QED) is 0.663. The maximum Gasteiger partial charge on any atom is 0.408 e. The van der Waals surface area contributed by atoms with Crippen molar-refractivity contribution in [3.05, 3.63) is 54.1 Å². The SMILES string of the molecule is COc1ccc([C@H]2NC(=O)O[C@H]2C(=O)Oc2ccccc2OC)cc1. The van der Waals surface area contributed by atoms with Crippen LogP contribution in [0.25, 0.3) is 0 Å². The zero-order chi connectivity index (χ0) is 17.8. The zero-order valence-corrected chi connectivity index (χ0v) is 13.7. The molecule has 130 valence electrons. The maximum absolute atomic E-state index is 12.5. The Balaban J connectivity index is 1.80. The summed E-state index contributed by atoms with van der Waals surface area (Å²) in [6.45, 7) is 0. The lowest BCUT2D eigenvalue weighted by atomic mass is 10.0. The van der Waals surface area contributed by atoms with Gasteiger partial charge >= 0.3 is 12.1 Å².